The van der Waals surface area contributed by atoms with Gasteiger partial charge in [-0.2, -0.15) is 0 Å². The number of nitrogens with one attached hydrogen (secondary N) is 1. The number of fused-ring (bicyclic) bond motifs is 1. The lowest BCUT2D eigenvalue weighted by molar-refractivity contribution is 0.0699. The topological polar surface area (TPSA) is 114 Å². The third-order valence-electron chi connectivity index (χ3n) is 3.69. The first-order valence-corrected chi connectivity index (χ1v) is 6.94. The molecule has 2 heterocycles. The van der Waals surface area contributed by atoms with Crippen LogP contribution in [0.4, 0.5) is 0 Å². The summed E-state index contributed by atoms with van der Waals surface area (Å²) in [6.07, 6.45) is 0. The van der Waals surface area contributed by atoms with E-state index in [1.54, 1.807) is 24.3 Å². The minimum absolute atomic E-state index is 0.00877. The molecule has 24 heavy (non-hydrogen) atoms. The lowest BCUT2D eigenvalue weighted by Gasteiger charge is -2.09. The number of H-pyrrole nitrogens is 1. The monoisotopic (exact) mass is 327 g/mol. The van der Waals surface area contributed by atoms with E-state index in [-0.39, 0.29) is 16.6 Å². The van der Waals surface area contributed by atoms with Gasteiger partial charge in [-0.3, -0.25) is 14.3 Å². The summed E-state index contributed by atoms with van der Waals surface area (Å²) in [7, 11) is 2.95. The second-order valence-corrected chi connectivity index (χ2v) is 5.11. The van der Waals surface area contributed by atoms with E-state index in [1.807, 2.05) is 0 Å². The standard InChI is InChI=1S/C16H13N3O5/c1-19-13-12(14(20)18-16(19)23)10(15(21)22)7-11(17-13)8-3-5-9(24-2)6-4-8/h3-7H,1-2H3,(H,21,22)(H,18,20,23). The Morgan fingerprint density at radius 2 is 1.92 bits per heavy atom. The maximum atomic E-state index is 12.0. The fraction of sp³-hybridized carbons (Fsp3) is 0.125. The minimum Gasteiger partial charge on any atom is -0.497 e. The van der Waals surface area contributed by atoms with Crippen LogP contribution in [0.5, 0.6) is 5.75 Å². The van der Waals surface area contributed by atoms with Gasteiger partial charge in [0.05, 0.1) is 23.8 Å². The van der Waals surface area contributed by atoms with Gasteiger partial charge >= 0.3 is 11.7 Å². The number of hydrogen-bond donors (Lipinski definition) is 2. The van der Waals surface area contributed by atoms with Crippen LogP contribution in [0.25, 0.3) is 22.3 Å². The molecule has 0 spiro atoms. The molecule has 0 unspecified atom stereocenters. The average molecular weight is 327 g/mol. The highest BCUT2D eigenvalue weighted by atomic mass is 16.5. The van der Waals surface area contributed by atoms with Gasteiger partial charge in [0.2, 0.25) is 0 Å². The smallest absolute Gasteiger partial charge is 0.336 e. The second kappa shape index (κ2) is 5.65. The van der Waals surface area contributed by atoms with Gasteiger partial charge in [-0.15, -0.1) is 0 Å². The van der Waals surface area contributed by atoms with Crippen LogP contribution in [-0.2, 0) is 7.05 Å². The molecule has 122 valence electrons. The van der Waals surface area contributed by atoms with Crippen LogP contribution >= 0.6 is 0 Å². The van der Waals surface area contributed by atoms with Gasteiger partial charge in [0.25, 0.3) is 5.56 Å². The van der Waals surface area contributed by atoms with Gasteiger partial charge in [-0.25, -0.2) is 14.6 Å². The third-order valence-corrected chi connectivity index (χ3v) is 3.69. The first kappa shape index (κ1) is 15.5. The minimum atomic E-state index is -1.28. The number of pyridine rings is 1. The number of methoxy groups -OCH3 is 1. The van der Waals surface area contributed by atoms with Crippen LogP contribution in [0.15, 0.2) is 39.9 Å². The number of ether oxygens (including phenoxy) is 1. The molecule has 0 aliphatic rings. The fourth-order valence-electron chi connectivity index (χ4n) is 2.42. The highest BCUT2D eigenvalue weighted by Gasteiger charge is 2.18. The number of carboxylic acid groups (broad SMARTS) is 1. The average Bonchev–Trinajstić information content (AvgIpc) is 2.58. The molecule has 8 heteroatoms. The molecule has 2 aromatic heterocycles. The number of hydrogen-bond acceptors (Lipinski definition) is 5. The molecular formula is C16H13N3O5. The van der Waals surface area contributed by atoms with Gasteiger partial charge in [-0.1, -0.05) is 0 Å². The summed E-state index contributed by atoms with van der Waals surface area (Å²) < 4.78 is 6.19. The van der Waals surface area contributed by atoms with E-state index >= 15 is 0 Å². The molecule has 0 aliphatic carbocycles. The molecule has 3 aromatic rings. The van der Waals surface area contributed by atoms with Crippen molar-refractivity contribution in [1.82, 2.24) is 14.5 Å². The predicted molar refractivity (Wildman–Crippen MR) is 86.6 cm³/mol. The van der Waals surface area contributed by atoms with Crippen molar-refractivity contribution < 1.29 is 14.6 Å². The summed E-state index contributed by atoms with van der Waals surface area (Å²) >= 11 is 0. The largest absolute Gasteiger partial charge is 0.497 e. The van der Waals surface area contributed by atoms with Crippen LogP contribution in [0.3, 0.4) is 0 Å². The number of carbonyl (C=O) groups is 1. The van der Waals surface area contributed by atoms with Gasteiger partial charge in [0, 0.05) is 12.6 Å². The summed E-state index contributed by atoms with van der Waals surface area (Å²) in [5, 5.41) is 9.30. The molecule has 1 aromatic carbocycles. The van der Waals surface area contributed by atoms with Crippen molar-refractivity contribution in [2.45, 2.75) is 0 Å². The van der Waals surface area contributed by atoms with E-state index in [1.165, 1.54) is 20.2 Å². The van der Waals surface area contributed by atoms with E-state index in [2.05, 4.69) is 9.97 Å². The van der Waals surface area contributed by atoms with Gasteiger partial charge in [0.1, 0.15) is 5.75 Å². The van der Waals surface area contributed by atoms with Crippen molar-refractivity contribution >= 4 is 17.0 Å². The molecule has 0 saturated carbocycles. The molecule has 3 rings (SSSR count). The SMILES string of the molecule is COc1ccc(-c2cc(C(=O)O)c3c(=O)[nH]c(=O)n(C)c3n2)cc1. The molecule has 0 fully saturated rings. The molecule has 2 N–H and O–H groups in total. The van der Waals surface area contributed by atoms with E-state index in [9.17, 15) is 19.5 Å². The number of rotatable bonds is 3. The first-order valence-electron chi connectivity index (χ1n) is 6.94. The Balaban J connectivity index is 2.38. The number of carboxylic acids is 1. The summed E-state index contributed by atoms with van der Waals surface area (Å²) in [5.74, 6) is -0.636. The predicted octanol–water partition coefficient (Wildman–Crippen LogP) is 0.996. The van der Waals surface area contributed by atoms with Crippen LogP contribution in [-0.4, -0.2) is 32.7 Å². The Bertz CT molecular complexity index is 1060. The third kappa shape index (κ3) is 2.43. The number of nitrogens with zero attached hydrogens (tertiary/aromatic N) is 2. The van der Waals surface area contributed by atoms with Gasteiger partial charge < -0.3 is 9.84 Å². The van der Waals surface area contributed by atoms with Crippen molar-refractivity contribution in [3.8, 4) is 17.0 Å². The van der Waals surface area contributed by atoms with E-state index in [4.69, 9.17) is 4.74 Å². The zero-order valence-electron chi connectivity index (χ0n) is 12.9. The van der Waals surface area contributed by atoms with Crippen LogP contribution < -0.4 is 16.0 Å². The van der Waals surface area contributed by atoms with Crippen molar-refractivity contribution in [1.29, 1.82) is 0 Å². The maximum Gasteiger partial charge on any atom is 0.336 e. The lowest BCUT2D eigenvalue weighted by atomic mass is 10.1. The second-order valence-electron chi connectivity index (χ2n) is 5.11. The molecular weight excluding hydrogens is 314 g/mol. The summed E-state index contributed by atoms with van der Waals surface area (Å²) in [5.41, 5.74) is -0.685. The van der Waals surface area contributed by atoms with Crippen LogP contribution in [0.1, 0.15) is 10.4 Å². The van der Waals surface area contributed by atoms with Crippen molar-refractivity contribution in [3.05, 3.63) is 56.7 Å². The summed E-state index contributed by atoms with van der Waals surface area (Å²) in [4.78, 5) is 41.7. The highest BCUT2D eigenvalue weighted by molar-refractivity contribution is 6.02. The molecule has 0 amide bonds. The van der Waals surface area contributed by atoms with E-state index < -0.39 is 17.2 Å². The molecule has 0 atom stereocenters. The quantitative estimate of drug-likeness (QED) is 0.741. The van der Waals surface area contributed by atoms with Crippen LogP contribution in [0, 0.1) is 0 Å². The number of aromatic carboxylic acids is 1. The van der Waals surface area contributed by atoms with Crippen molar-refractivity contribution in [3.63, 3.8) is 0 Å². The Labute approximate surface area is 135 Å². The Morgan fingerprint density at radius 1 is 1.25 bits per heavy atom. The van der Waals surface area contributed by atoms with Crippen LogP contribution in [0.2, 0.25) is 0 Å². The number of benzene rings is 1. The number of aromatic nitrogens is 3. The summed E-state index contributed by atoms with van der Waals surface area (Å²) in [6.45, 7) is 0. The molecule has 0 radical (unpaired) electrons. The Hall–Kier alpha value is -3.42. The van der Waals surface area contributed by atoms with Gasteiger partial charge in [0.15, 0.2) is 5.65 Å². The van der Waals surface area contributed by atoms with E-state index in [0.29, 0.717) is 17.0 Å². The molecule has 0 bridgehead atoms. The Morgan fingerprint density at radius 3 is 2.50 bits per heavy atom. The lowest BCUT2D eigenvalue weighted by Crippen LogP contribution is -2.30. The number of aryl methyl sites for hydroxylation is 1. The zero-order chi connectivity index (χ0) is 17.4. The number of aromatic amines is 1. The highest BCUT2D eigenvalue weighted by Crippen LogP contribution is 2.24. The molecule has 0 saturated heterocycles. The normalized spacial score (nSPS) is 10.8. The first-order chi connectivity index (χ1) is 11.4. The zero-order valence-corrected chi connectivity index (χ0v) is 12.9. The Kier molecular flexibility index (Phi) is 3.64. The van der Waals surface area contributed by atoms with Crippen molar-refractivity contribution in [2.24, 2.45) is 7.05 Å². The molecule has 0 aliphatic heterocycles. The summed E-state index contributed by atoms with van der Waals surface area (Å²) in [6, 6.07) is 8.15. The van der Waals surface area contributed by atoms with Crippen molar-refractivity contribution in [2.75, 3.05) is 7.11 Å². The van der Waals surface area contributed by atoms with Gasteiger partial charge in [-0.05, 0) is 30.3 Å². The molecule has 8 nitrogen and oxygen atoms in total. The van der Waals surface area contributed by atoms with E-state index in [0.717, 1.165) is 4.57 Å². The maximum absolute atomic E-state index is 12.0. The fourth-order valence-corrected chi connectivity index (χ4v) is 2.42.